The number of nitrogens with one attached hydrogen (secondary N) is 1. The van der Waals surface area contributed by atoms with Crippen LogP contribution in [0.25, 0.3) is 0 Å². The van der Waals surface area contributed by atoms with Crippen LogP contribution >= 0.6 is 0 Å². The minimum absolute atomic E-state index is 0.00478. The summed E-state index contributed by atoms with van der Waals surface area (Å²) in [6.07, 6.45) is 6.18. The van der Waals surface area contributed by atoms with Crippen molar-refractivity contribution in [3.05, 3.63) is 74.3 Å². The fourth-order valence-corrected chi connectivity index (χ4v) is 3.75. The topological polar surface area (TPSA) is 140 Å². The molecule has 1 heterocycles. The first kappa shape index (κ1) is 26.4. The highest BCUT2D eigenvalue weighted by molar-refractivity contribution is 5.34. The number of ether oxygens (including phenoxy) is 1. The molecule has 2 aromatic rings. The highest BCUT2D eigenvalue weighted by Crippen LogP contribution is 2.33. The number of aromatic amines is 1. The van der Waals surface area contributed by atoms with Gasteiger partial charge < -0.3 is 20.6 Å². The lowest BCUT2D eigenvalue weighted by atomic mass is 9.90. The Morgan fingerprint density at radius 1 is 1.31 bits per heavy atom. The number of aromatic nitrogens is 2. The van der Waals surface area contributed by atoms with Crippen molar-refractivity contribution in [1.82, 2.24) is 14.6 Å². The van der Waals surface area contributed by atoms with E-state index in [1.54, 1.807) is 6.92 Å². The Labute approximate surface area is 202 Å². The predicted octanol–water partition coefficient (Wildman–Crippen LogP) is 2.05. The summed E-state index contributed by atoms with van der Waals surface area (Å²) in [6, 6.07) is 4.31. The molecule has 0 radical (unpaired) electrons. The third kappa shape index (κ3) is 6.92. The maximum atomic E-state index is 14.2. The Kier molecular flexibility index (Phi) is 8.68. The number of nitrogens with zero attached hydrogens (tertiary/aromatic N) is 2. The number of allylic oxidation sites excluding steroid dienone is 1. The Balaban J connectivity index is 1.59. The van der Waals surface area contributed by atoms with Crippen LogP contribution in [0.15, 0.2) is 45.9 Å². The van der Waals surface area contributed by atoms with Crippen LogP contribution in [-0.2, 0) is 12.1 Å². The van der Waals surface area contributed by atoms with Crippen LogP contribution in [0.5, 0.6) is 5.75 Å². The monoisotopic (exact) mass is 493 g/mol. The second-order valence-corrected chi connectivity index (χ2v) is 8.96. The lowest BCUT2D eigenvalue weighted by Crippen LogP contribution is -2.44. The highest BCUT2D eigenvalue weighted by atomic mass is 19.1. The molecular weight excluding hydrogens is 460 g/mol. The van der Waals surface area contributed by atoms with Gasteiger partial charge in [-0.1, -0.05) is 13.0 Å². The molecule has 1 saturated carbocycles. The Bertz CT molecular complexity index is 1160. The van der Waals surface area contributed by atoms with Gasteiger partial charge in [-0.3, -0.25) is 14.3 Å². The van der Waals surface area contributed by atoms with E-state index >= 15 is 0 Å². The summed E-state index contributed by atoms with van der Waals surface area (Å²) in [4.78, 5) is 24.8. The largest absolute Gasteiger partial charge is 0.490 e. The van der Waals surface area contributed by atoms with E-state index in [2.05, 4.69) is 0 Å². The van der Waals surface area contributed by atoms with Gasteiger partial charge in [-0.05, 0) is 62.1 Å². The fourth-order valence-electron chi connectivity index (χ4n) is 3.75. The number of halogens is 2. The quantitative estimate of drug-likeness (QED) is 0.190. The molecule has 1 aromatic carbocycles. The summed E-state index contributed by atoms with van der Waals surface area (Å²) in [7, 11) is 0. The maximum absolute atomic E-state index is 14.2. The first-order chi connectivity index (χ1) is 16.7. The first-order valence-corrected chi connectivity index (χ1v) is 11.7. The minimum Gasteiger partial charge on any atom is -0.490 e. The summed E-state index contributed by atoms with van der Waals surface area (Å²) in [5.74, 6) is 5.28. The van der Waals surface area contributed by atoms with Gasteiger partial charge in [-0.2, -0.15) is 4.39 Å². The first-order valence-electron chi connectivity index (χ1n) is 11.7. The van der Waals surface area contributed by atoms with Crippen molar-refractivity contribution in [2.24, 2.45) is 17.5 Å². The van der Waals surface area contributed by atoms with Crippen LogP contribution in [0.4, 0.5) is 8.78 Å². The SMILES string of the molecule is CC[C@@](O)(CN(N)/C(=C\N)CCCCn1cc(F)c(=O)[nH]c1=O)c1ccc(F)c(OCC2CC2)c1. The molecule has 9 nitrogen and oxygen atoms in total. The van der Waals surface area contributed by atoms with E-state index in [1.807, 2.05) is 4.98 Å². The zero-order valence-corrected chi connectivity index (χ0v) is 19.8. The Hall–Kier alpha value is -3.18. The molecule has 35 heavy (non-hydrogen) atoms. The van der Waals surface area contributed by atoms with Gasteiger partial charge in [-0.25, -0.2) is 15.0 Å². The van der Waals surface area contributed by atoms with E-state index in [0.717, 1.165) is 23.6 Å². The van der Waals surface area contributed by atoms with Gasteiger partial charge in [0.2, 0.25) is 5.82 Å². The molecule has 0 amide bonds. The van der Waals surface area contributed by atoms with Crippen LogP contribution in [0.3, 0.4) is 0 Å². The average molecular weight is 494 g/mol. The van der Waals surface area contributed by atoms with E-state index in [1.165, 1.54) is 29.4 Å². The number of rotatable bonds is 13. The molecule has 0 aliphatic heterocycles. The molecule has 1 aromatic heterocycles. The van der Waals surface area contributed by atoms with Crippen LogP contribution in [0.1, 0.15) is 51.0 Å². The molecule has 1 aliphatic carbocycles. The van der Waals surface area contributed by atoms with Crippen LogP contribution in [0.2, 0.25) is 0 Å². The summed E-state index contributed by atoms with van der Waals surface area (Å²) in [5, 5.41) is 12.7. The van der Waals surface area contributed by atoms with Gasteiger partial charge in [0.15, 0.2) is 11.6 Å². The molecule has 0 spiro atoms. The molecule has 1 fully saturated rings. The number of benzene rings is 1. The van der Waals surface area contributed by atoms with E-state index in [9.17, 15) is 23.5 Å². The number of hydrogen-bond acceptors (Lipinski definition) is 7. The predicted molar refractivity (Wildman–Crippen MR) is 127 cm³/mol. The van der Waals surface area contributed by atoms with Gasteiger partial charge in [0.25, 0.3) is 5.56 Å². The number of hydrogen-bond donors (Lipinski definition) is 4. The number of hydrazine groups is 1. The Morgan fingerprint density at radius 3 is 2.71 bits per heavy atom. The minimum atomic E-state index is -1.38. The molecule has 6 N–H and O–H groups in total. The molecule has 3 rings (SSSR count). The molecular formula is C24H33F2N5O4. The van der Waals surface area contributed by atoms with Crippen molar-refractivity contribution < 1.29 is 18.6 Å². The number of aliphatic hydroxyl groups is 1. The van der Waals surface area contributed by atoms with Crippen LogP contribution in [-0.4, -0.2) is 32.8 Å². The standard InChI is InChI=1S/C24H33F2N5O4/c1-2-24(34,17-8-9-19(25)21(11-17)35-14-16-6-7-16)15-31(28)18(12-27)5-3-4-10-30-13-20(26)22(32)29-23(30)33/h8-9,11-13,16,34H,2-7,10,14-15,27-28H2,1H3,(H,29,32,33)/b18-12-/t24-/m1/s1. The van der Waals surface area contributed by atoms with Crippen LogP contribution in [0, 0.1) is 17.6 Å². The van der Waals surface area contributed by atoms with Crippen LogP contribution < -0.4 is 27.6 Å². The average Bonchev–Trinajstić information content (AvgIpc) is 3.66. The summed E-state index contributed by atoms with van der Waals surface area (Å²) in [5.41, 5.74) is 3.70. The molecule has 11 heteroatoms. The number of unbranched alkanes of at least 4 members (excludes halogenated alkanes) is 1. The van der Waals surface area contributed by atoms with Gasteiger partial charge >= 0.3 is 5.69 Å². The summed E-state index contributed by atoms with van der Waals surface area (Å²) < 4.78 is 34.3. The third-order valence-electron chi connectivity index (χ3n) is 6.27. The summed E-state index contributed by atoms with van der Waals surface area (Å²) in [6.45, 7) is 2.46. The normalized spacial score (nSPS) is 15.6. The van der Waals surface area contributed by atoms with Crippen molar-refractivity contribution in [1.29, 1.82) is 0 Å². The van der Waals surface area contributed by atoms with Crippen molar-refractivity contribution in [2.45, 2.75) is 57.6 Å². The zero-order valence-electron chi connectivity index (χ0n) is 19.8. The van der Waals surface area contributed by atoms with Gasteiger partial charge in [0.05, 0.1) is 19.3 Å². The second-order valence-electron chi connectivity index (χ2n) is 8.96. The Morgan fingerprint density at radius 2 is 2.06 bits per heavy atom. The highest BCUT2D eigenvalue weighted by Gasteiger charge is 2.31. The molecule has 0 saturated heterocycles. The van der Waals surface area contributed by atoms with Gasteiger partial charge in [0.1, 0.15) is 5.60 Å². The molecule has 1 aliphatic rings. The van der Waals surface area contributed by atoms with E-state index in [4.69, 9.17) is 16.3 Å². The van der Waals surface area contributed by atoms with Crippen molar-refractivity contribution in [3.63, 3.8) is 0 Å². The molecule has 0 bridgehead atoms. The van der Waals surface area contributed by atoms with Crippen molar-refractivity contribution >= 4 is 0 Å². The van der Waals surface area contributed by atoms with Gasteiger partial charge in [0, 0.05) is 18.4 Å². The fraction of sp³-hybridized carbons (Fsp3) is 0.500. The van der Waals surface area contributed by atoms with Crippen molar-refractivity contribution in [3.8, 4) is 5.75 Å². The van der Waals surface area contributed by atoms with Crippen molar-refractivity contribution in [2.75, 3.05) is 13.2 Å². The number of aryl methyl sites for hydroxylation is 1. The molecule has 1 atom stereocenters. The summed E-state index contributed by atoms with van der Waals surface area (Å²) >= 11 is 0. The second kappa shape index (κ2) is 11.5. The molecule has 192 valence electrons. The molecule has 0 unspecified atom stereocenters. The zero-order chi connectivity index (χ0) is 25.6. The third-order valence-corrected chi connectivity index (χ3v) is 6.27. The van der Waals surface area contributed by atoms with E-state index < -0.39 is 28.5 Å². The lowest BCUT2D eigenvalue weighted by Gasteiger charge is -2.34. The van der Waals surface area contributed by atoms with E-state index in [-0.39, 0.29) is 18.8 Å². The number of H-pyrrole nitrogens is 1. The van der Waals surface area contributed by atoms with Gasteiger partial charge in [-0.15, -0.1) is 0 Å². The lowest BCUT2D eigenvalue weighted by molar-refractivity contribution is 0.00250. The number of nitrogens with two attached hydrogens (primary N) is 2. The van der Waals surface area contributed by atoms with E-state index in [0.29, 0.717) is 49.5 Å². The maximum Gasteiger partial charge on any atom is 0.328 e. The smallest absolute Gasteiger partial charge is 0.328 e.